The lowest BCUT2D eigenvalue weighted by Crippen LogP contribution is -2.38. The molecule has 0 atom stereocenters. The van der Waals surface area contributed by atoms with E-state index in [1.165, 1.54) is 17.8 Å². The van der Waals surface area contributed by atoms with E-state index in [2.05, 4.69) is 4.99 Å². The average molecular weight is 446 g/mol. The Kier molecular flexibility index (Phi) is 5.36. The molecule has 0 aromatic heterocycles. The summed E-state index contributed by atoms with van der Waals surface area (Å²) >= 11 is 1.42. The first kappa shape index (κ1) is 20.3. The molecule has 3 aromatic rings. The molecule has 8 heteroatoms. The van der Waals surface area contributed by atoms with E-state index in [9.17, 15) is 14.9 Å². The minimum atomic E-state index is -0.474. The van der Waals surface area contributed by atoms with Crippen LogP contribution in [0.25, 0.3) is 0 Å². The number of non-ortho nitro benzene ring substituents is 1. The van der Waals surface area contributed by atoms with Crippen LogP contribution >= 0.6 is 11.8 Å². The van der Waals surface area contributed by atoms with E-state index in [1.54, 1.807) is 17.0 Å². The monoisotopic (exact) mass is 445 g/mol. The number of hydrogen-bond donors (Lipinski definition) is 0. The first-order valence-electron chi connectivity index (χ1n) is 10.2. The number of thioether (sulfide) groups is 1. The number of nitrogens with zero attached hydrogens (tertiary/aromatic N) is 3. The highest BCUT2D eigenvalue weighted by atomic mass is 32.2. The van der Waals surface area contributed by atoms with Gasteiger partial charge in [0.15, 0.2) is 5.17 Å². The van der Waals surface area contributed by atoms with Gasteiger partial charge in [0.2, 0.25) is 5.91 Å². The maximum Gasteiger partial charge on any atom is 0.269 e. The molecule has 32 heavy (non-hydrogen) atoms. The van der Waals surface area contributed by atoms with E-state index >= 15 is 0 Å². The van der Waals surface area contributed by atoms with E-state index in [4.69, 9.17) is 4.74 Å². The predicted molar refractivity (Wildman–Crippen MR) is 123 cm³/mol. The van der Waals surface area contributed by atoms with Crippen LogP contribution in [0.4, 0.5) is 5.69 Å². The summed E-state index contributed by atoms with van der Waals surface area (Å²) in [5.74, 6) is 1.34. The molecular formula is C24H19N3O4S. The van der Waals surface area contributed by atoms with Crippen LogP contribution < -0.4 is 4.74 Å². The number of nitro benzene ring substituents is 1. The van der Waals surface area contributed by atoms with E-state index in [0.29, 0.717) is 35.5 Å². The Hall–Kier alpha value is -3.65. The minimum Gasteiger partial charge on any atom is -0.457 e. The second kappa shape index (κ2) is 8.47. The number of fused-ring (bicyclic) bond motifs is 2. The van der Waals surface area contributed by atoms with Crippen molar-refractivity contribution in [2.45, 2.75) is 11.7 Å². The lowest BCUT2D eigenvalue weighted by atomic mass is 9.87. The fourth-order valence-electron chi connectivity index (χ4n) is 3.99. The number of benzene rings is 3. The molecule has 2 aliphatic rings. The van der Waals surface area contributed by atoms with Crippen molar-refractivity contribution in [1.82, 2.24) is 4.90 Å². The molecule has 0 N–H and O–H groups in total. The average Bonchev–Trinajstić information content (AvgIpc) is 3.29. The first-order valence-corrected chi connectivity index (χ1v) is 11.2. The molecule has 3 aromatic carbocycles. The molecule has 0 bridgehead atoms. The van der Waals surface area contributed by atoms with Crippen molar-refractivity contribution < 1.29 is 14.5 Å². The summed E-state index contributed by atoms with van der Waals surface area (Å²) in [6.45, 7) is 1.05. The van der Waals surface area contributed by atoms with Crippen molar-refractivity contribution in [2.24, 2.45) is 4.99 Å². The Labute approximate surface area is 188 Å². The molecule has 7 nitrogen and oxygen atoms in total. The molecule has 2 aliphatic heterocycles. The van der Waals surface area contributed by atoms with Gasteiger partial charge >= 0.3 is 0 Å². The van der Waals surface area contributed by atoms with E-state index in [-0.39, 0.29) is 11.6 Å². The van der Waals surface area contributed by atoms with Crippen molar-refractivity contribution in [3.8, 4) is 11.5 Å². The van der Waals surface area contributed by atoms with E-state index in [0.717, 1.165) is 16.7 Å². The number of nitro groups is 1. The van der Waals surface area contributed by atoms with Gasteiger partial charge in [-0.05, 0) is 17.7 Å². The van der Waals surface area contributed by atoms with Crippen LogP contribution in [0.1, 0.15) is 22.6 Å². The number of amidine groups is 1. The summed E-state index contributed by atoms with van der Waals surface area (Å²) in [6.07, 6.45) is 0. The molecule has 0 aliphatic carbocycles. The molecule has 160 valence electrons. The quantitative estimate of drug-likeness (QED) is 0.418. The maximum atomic E-state index is 13.8. The van der Waals surface area contributed by atoms with Gasteiger partial charge in [-0.15, -0.1) is 0 Å². The number of para-hydroxylation sites is 2. The largest absolute Gasteiger partial charge is 0.457 e. The molecule has 0 unspecified atom stereocenters. The van der Waals surface area contributed by atoms with Crippen LogP contribution in [0.3, 0.4) is 0 Å². The zero-order chi connectivity index (χ0) is 22.1. The second-order valence-electron chi connectivity index (χ2n) is 7.48. The predicted octanol–water partition coefficient (Wildman–Crippen LogP) is 4.96. The third kappa shape index (κ3) is 3.73. The molecule has 0 fully saturated rings. The normalized spacial score (nSPS) is 14.9. The second-order valence-corrected chi connectivity index (χ2v) is 8.42. The topological polar surface area (TPSA) is 85.0 Å². The summed E-state index contributed by atoms with van der Waals surface area (Å²) < 4.78 is 6.02. The van der Waals surface area contributed by atoms with Crippen molar-refractivity contribution in [3.05, 3.63) is 99.6 Å². The summed E-state index contributed by atoms with van der Waals surface area (Å²) in [5.41, 5.74) is 2.55. The summed E-state index contributed by atoms with van der Waals surface area (Å²) in [7, 11) is 0. The van der Waals surface area contributed by atoms with Crippen LogP contribution in [0.15, 0.2) is 77.8 Å². The van der Waals surface area contributed by atoms with Gasteiger partial charge in [-0.25, -0.2) is 0 Å². The minimum absolute atomic E-state index is 0.0454. The van der Waals surface area contributed by atoms with Gasteiger partial charge in [0.25, 0.3) is 5.69 Å². The lowest BCUT2D eigenvalue weighted by molar-refractivity contribution is -0.384. The van der Waals surface area contributed by atoms with Crippen molar-refractivity contribution in [3.63, 3.8) is 0 Å². The van der Waals surface area contributed by atoms with Gasteiger partial charge in [-0.3, -0.25) is 24.8 Å². The van der Waals surface area contributed by atoms with Crippen LogP contribution in [0.2, 0.25) is 0 Å². The molecular weight excluding hydrogens is 426 g/mol. The summed E-state index contributed by atoms with van der Waals surface area (Å²) in [6, 6.07) is 21.8. The third-order valence-corrected chi connectivity index (χ3v) is 6.57. The number of hydrogen-bond acceptors (Lipinski definition) is 6. The maximum absolute atomic E-state index is 13.8. The van der Waals surface area contributed by atoms with Crippen LogP contribution in [-0.4, -0.2) is 34.0 Å². The number of rotatable bonds is 4. The van der Waals surface area contributed by atoms with Crippen molar-refractivity contribution >= 4 is 28.5 Å². The van der Waals surface area contributed by atoms with Gasteiger partial charge in [0.05, 0.1) is 17.4 Å². The lowest BCUT2D eigenvalue weighted by Gasteiger charge is -2.30. The zero-order valence-electron chi connectivity index (χ0n) is 17.0. The molecule has 0 saturated carbocycles. The van der Waals surface area contributed by atoms with Gasteiger partial charge in [-0.1, -0.05) is 60.3 Å². The highest BCUT2D eigenvalue weighted by Gasteiger charge is 2.37. The molecule has 0 saturated heterocycles. The fraction of sp³-hybridized carbons (Fsp3) is 0.167. The molecule has 0 radical (unpaired) electrons. The molecule has 5 rings (SSSR count). The van der Waals surface area contributed by atoms with Crippen LogP contribution in [0, 0.1) is 10.1 Å². The van der Waals surface area contributed by atoms with Crippen LogP contribution in [-0.2, 0) is 10.5 Å². The van der Waals surface area contributed by atoms with Gasteiger partial charge in [0.1, 0.15) is 11.5 Å². The Morgan fingerprint density at radius 2 is 1.75 bits per heavy atom. The Balaban J connectivity index is 1.40. The number of carbonyl (C=O) groups is 1. The standard InChI is InChI=1S/C24H19N3O4S/c28-23(22-18-8-1-3-10-20(18)31-21-11-4-2-9-19(21)22)26-13-12-25-24(26)32-15-16-6-5-7-17(14-16)27(29)30/h1-11,14,22H,12-13,15H2. The number of ether oxygens (including phenoxy) is 1. The Morgan fingerprint density at radius 1 is 1.06 bits per heavy atom. The third-order valence-electron chi connectivity index (χ3n) is 5.48. The van der Waals surface area contributed by atoms with E-state index < -0.39 is 10.8 Å². The molecule has 2 heterocycles. The van der Waals surface area contributed by atoms with Crippen molar-refractivity contribution in [1.29, 1.82) is 0 Å². The zero-order valence-corrected chi connectivity index (χ0v) is 17.8. The number of carbonyl (C=O) groups excluding carboxylic acids is 1. The van der Waals surface area contributed by atoms with Gasteiger partial charge < -0.3 is 4.74 Å². The Bertz CT molecular complexity index is 1200. The molecule has 1 amide bonds. The number of aliphatic imine (C=N–C) groups is 1. The molecule has 0 spiro atoms. The van der Waals surface area contributed by atoms with Crippen molar-refractivity contribution in [2.75, 3.05) is 13.1 Å². The fourth-order valence-corrected chi connectivity index (χ4v) is 4.99. The van der Waals surface area contributed by atoms with Gasteiger partial charge in [0, 0.05) is 35.6 Å². The highest BCUT2D eigenvalue weighted by Crippen LogP contribution is 2.45. The Morgan fingerprint density at radius 3 is 2.44 bits per heavy atom. The SMILES string of the molecule is O=C(C1c2ccccc2Oc2ccccc21)N1CCN=C1SCc1cccc([N+](=O)[O-])c1. The highest BCUT2D eigenvalue weighted by molar-refractivity contribution is 8.13. The van der Waals surface area contributed by atoms with Crippen LogP contribution in [0.5, 0.6) is 11.5 Å². The smallest absolute Gasteiger partial charge is 0.269 e. The van der Waals surface area contributed by atoms with Gasteiger partial charge in [-0.2, -0.15) is 0 Å². The summed E-state index contributed by atoms with van der Waals surface area (Å²) in [5, 5.41) is 11.7. The summed E-state index contributed by atoms with van der Waals surface area (Å²) in [4.78, 5) is 30.7. The number of amides is 1. The first-order chi connectivity index (χ1) is 15.6. The van der Waals surface area contributed by atoms with E-state index in [1.807, 2.05) is 54.6 Å².